The monoisotopic (exact) mass is 380 g/mol. The molecule has 0 aliphatic carbocycles. The molecule has 0 saturated carbocycles. The molecule has 0 bridgehead atoms. The summed E-state index contributed by atoms with van der Waals surface area (Å²) < 4.78 is 1.12. The smallest absolute Gasteiger partial charge is 0.139 e. The quantitative estimate of drug-likeness (QED) is 0.844. The third-order valence-electron chi connectivity index (χ3n) is 4.14. The first-order chi connectivity index (χ1) is 10.5. The first-order valence-corrected chi connectivity index (χ1v) is 9.25. The molecule has 3 nitrogen and oxygen atoms in total. The summed E-state index contributed by atoms with van der Waals surface area (Å²) in [5.41, 5.74) is 2.18. The van der Waals surface area contributed by atoms with Gasteiger partial charge in [0.1, 0.15) is 5.75 Å². The molecule has 0 amide bonds. The Morgan fingerprint density at radius 2 is 2.23 bits per heavy atom. The van der Waals surface area contributed by atoms with E-state index in [0.717, 1.165) is 29.7 Å². The lowest BCUT2D eigenvalue weighted by Gasteiger charge is -2.40. The zero-order valence-electron chi connectivity index (χ0n) is 12.8. The topological polar surface area (TPSA) is 35.5 Å². The van der Waals surface area contributed by atoms with Gasteiger partial charge >= 0.3 is 0 Å². The highest BCUT2D eigenvalue weighted by Gasteiger charge is 2.26. The Hall–Kier alpha value is -1.04. The van der Waals surface area contributed by atoms with E-state index in [0.29, 0.717) is 17.8 Å². The molecule has 1 fully saturated rings. The predicted molar refractivity (Wildman–Crippen MR) is 97.2 cm³/mol. The zero-order chi connectivity index (χ0) is 15.7. The van der Waals surface area contributed by atoms with E-state index in [9.17, 15) is 5.11 Å². The van der Waals surface area contributed by atoms with Crippen LogP contribution >= 0.6 is 27.3 Å². The number of nitrogens with one attached hydrogen (secondary N) is 1. The van der Waals surface area contributed by atoms with Gasteiger partial charge in [-0.2, -0.15) is 0 Å². The van der Waals surface area contributed by atoms with Crippen LogP contribution in [0.15, 0.2) is 34.1 Å². The molecule has 1 saturated heterocycles. The molecule has 118 valence electrons. The third kappa shape index (κ3) is 3.31. The Morgan fingerprint density at radius 3 is 2.95 bits per heavy atom. The second-order valence-corrected chi connectivity index (χ2v) is 7.92. The number of aromatic hydroxyl groups is 1. The van der Waals surface area contributed by atoms with Crippen molar-refractivity contribution in [2.45, 2.75) is 32.4 Å². The third-order valence-corrected chi connectivity index (χ3v) is 5.83. The highest BCUT2D eigenvalue weighted by atomic mass is 79.9. The summed E-state index contributed by atoms with van der Waals surface area (Å²) in [6.07, 6.45) is 0.852. The number of hydrogen-bond acceptors (Lipinski definition) is 4. The second-order valence-electron chi connectivity index (χ2n) is 6.00. The Bertz CT molecular complexity index is 658. The first kappa shape index (κ1) is 15.8. The maximum atomic E-state index is 10.5. The lowest BCUT2D eigenvalue weighted by Crippen LogP contribution is -2.54. The van der Waals surface area contributed by atoms with Crippen molar-refractivity contribution in [3.05, 3.63) is 44.6 Å². The van der Waals surface area contributed by atoms with E-state index in [4.69, 9.17) is 0 Å². The number of phenols is 1. The maximum Gasteiger partial charge on any atom is 0.139 e. The minimum Gasteiger partial charge on any atom is -0.506 e. The Kier molecular flexibility index (Phi) is 4.76. The molecular formula is C17H21BrN2OS. The molecule has 2 unspecified atom stereocenters. The molecule has 1 aromatic heterocycles. The van der Waals surface area contributed by atoms with Gasteiger partial charge in [0.15, 0.2) is 0 Å². The van der Waals surface area contributed by atoms with Gasteiger partial charge in [-0.1, -0.05) is 12.1 Å². The Balaban J connectivity index is 1.95. The maximum absolute atomic E-state index is 10.5. The van der Waals surface area contributed by atoms with Crippen LogP contribution in [-0.2, 0) is 6.42 Å². The number of thiophene rings is 1. The molecule has 2 aromatic rings. The van der Waals surface area contributed by atoms with Crippen molar-refractivity contribution in [2.75, 3.05) is 18.0 Å². The molecular weight excluding hydrogens is 360 g/mol. The van der Waals surface area contributed by atoms with E-state index in [1.54, 1.807) is 17.4 Å². The molecule has 5 heteroatoms. The van der Waals surface area contributed by atoms with Gasteiger partial charge < -0.3 is 15.3 Å². The van der Waals surface area contributed by atoms with Crippen molar-refractivity contribution in [1.82, 2.24) is 5.32 Å². The van der Waals surface area contributed by atoms with Crippen LogP contribution in [0, 0.1) is 0 Å². The fraction of sp³-hybridized carbons (Fsp3) is 0.412. The number of phenolic OH excluding ortho intramolecular Hbond substituents is 1. The van der Waals surface area contributed by atoms with E-state index in [1.807, 2.05) is 6.07 Å². The fourth-order valence-electron chi connectivity index (χ4n) is 3.02. The SMILES string of the molecule is CC1CN(c2c(O)cccc2Cc2cc(Br)cs2)C(C)CN1. The summed E-state index contributed by atoms with van der Waals surface area (Å²) in [4.78, 5) is 3.64. The van der Waals surface area contributed by atoms with Gasteiger partial charge in [0.05, 0.1) is 5.69 Å². The summed E-state index contributed by atoms with van der Waals surface area (Å²) in [5, 5.41) is 16.1. The number of anilines is 1. The van der Waals surface area contributed by atoms with Gasteiger partial charge in [-0.3, -0.25) is 0 Å². The summed E-state index contributed by atoms with van der Waals surface area (Å²) in [5.74, 6) is 0.383. The van der Waals surface area contributed by atoms with Crippen molar-refractivity contribution in [1.29, 1.82) is 0 Å². The van der Waals surface area contributed by atoms with Gasteiger partial charge in [0.2, 0.25) is 0 Å². The van der Waals surface area contributed by atoms with Crippen LogP contribution < -0.4 is 10.2 Å². The van der Waals surface area contributed by atoms with E-state index >= 15 is 0 Å². The average molecular weight is 381 g/mol. The molecule has 1 aliphatic heterocycles. The number of halogens is 1. The van der Waals surface area contributed by atoms with Crippen LogP contribution in [0.25, 0.3) is 0 Å². The molecule has 22 heavy (non-hydrogen) atoms. The normalized spacial score (nSPS) is 22.0. The summed E-state index contributed by atoms with van der Waals surface area (Å²) in [7, 11) is 0. The van der Waals surface area contributed by atoms with Gasteiger partial charge in [0, 0.05) is 46.3 Å². The van der Waals surface area contributed by atoms with E-state index < -0.39 is 0 Å². The fourth-order valence-corrected chi connectivity index (χ4v) is 4.49. The number of piperazine rings is 1. The molecule has 0 spiro atoms. The number of hydrogen-bond donors (Lipinski definition) is 2. The van der Waals surface area contributed by atoms with Crippen molar-refractivity contribution < 1.29 is 5.11 Å². The lowest BCUT2D eigenvalue weighted by atomic mass is 10.0. The van der Waals surface area contributed by atoms with Crippen molar-refractivity contribution in [3.8, 4) is 5.75 Å². The van der Waals surface area contributed by atoms with Gasteiger partial charge in [0.25, 0.3) is 0 Å². The predicted octanol–water partition coefficient (Wildman–Crippen LogP) is 3.99. The highest BCUT2D eigenvalue weighted by molar-refractivity contribution is 9.10. The molecule has 0 radical (unpaired) electrons. The van der Waals surface area contributed by atoms with Crippen LogP contribution in [-0.4, -0.2) is 30.3 Å². The first-order valence-electron chi connectivity index (χ1n) is 7.58. The Morgan fingerprint density at radius 1 is 1.41 bits per heavy atom. The van der Waals surface area contributed by atoms with Gasteiger partial charge in [-0.15, -0.1) is 11.3 Å². The minimum absolute atomic E-state index is 0.373. The van der Waals surface area contributed by atoms with Crippen LogP contribution in [0.2, 0.25) is 0 Å². The van der Waals surface area contributed by atoms with Crippen LogP contribution in [0.5, 0.6) is 5.75 Å². The van der Waals surface area contributed by atoms with Crippen LogP contribution in [0.4, 0.5) is 5.69 Å². The summed E-state index contributed by atoms with van der Waals surface area (Å²) >= 11 is 5.26. The van der Waals surface area contributed by atoms with Crippen LogP contribution in [0.3, 0.4) is 0 Å². The molecule has 3 rings (SSSR count). The number of benzene rings is 1. The summed E-state index contributed by atoms with van der Waals surface area (Å²) in [6.45, 7) is 6.26. The molecule has 2 N–H and O–H groups in total. The molecule has 2 heterocycles. The molecule has 1 aliphatic rings. The van der Waals surface area contributed by atoms with Crippen molar-refractivity contribution in [3.63, 3.8) is 0 Å². The largest absolute Gasteiger partial charge is 0.506 e. The lowest BCUT2D eigenvalue weighted by molar-refractivity contribution is 0.414. The van der Waals surface area contributed by atoms with Gasteiger partial charge in [-0.05, 0) is 47.5 Å². The van der Waals surface area contributed by atoms with E-state index in [1.165, 1.54) is 10.4 Å². The van der Waals surface area contributed by atoms with Crippen LogP contribution in [0.1, 0.15) is 24.3 Å². The highest BCUT2D eigenvalue weighted by Crippen LogP contribution is 2.36. The summed E-state index contributed by atoms with van der Waals surface area (Å²) in [6, 6.07) is 8.82. The Labute approximate surface area is 144 Å². The zero-order valence-corrected chi connectivity index (χ0v) is 15.2. The average Bonchev–Trinajstić information content (AvgIpc) is 2.88. The van der Waals surface area contributed by atoms with Crippen molar-refractivity contribution in [2.24, 2.45) is 0 Å². The number of nitrogens with zero attached hydrogens (tertiary/aromatic N) is 1. The standard InChI is InChI=1S/C17H21BrN2OS/c1-11-9-20(12(2)8-19-11)17-13(4-3-5-16(17)21)6-15-7-14(18)10-22-15/h3-5,7,10-12,19,21H,6,8-9H2,1-2H3. The van der Waals surface area contributed by atoms with Crippen molar-refractivity contribution >= 4 is 33.0 Å². The molecule has 2 atom stereocenters. The molecule has 1 aromatic carbocycles. The second kappa shape index (κ2) is 6.60. The van der Waals surface area contributed by atoms with Gasteiger partial charge in [-0.25, -0.2) is 0 Å². The number of rotatable bonds is 3. The number of para-hydroxylation sites is 1. The minimum atomic E-state index is 0.373. The van der Waals surface area contributed by atoms with E-state index in [2.05, 4.69) is 57.5 Å². The van der Waals surface area contributed by atoms with E-state index in [-0.39, 0.29) is 0 Å².